The number of aromatic nitrogens is 3. The van der Waals surface area contributed by atoms with Crippen molar-refractivity contribution in [1.29, 1.82) is 0 Å². The van der Waals surface area contributed by atoms with Crippen LogP contribution >= 0.6 is 0 Å². The molecule has 0 aliphatic heterocycles. The van der Waals surface area contributed by atoms with Gasteiger partial charge in [0.15, 0.2) is 6.10 Å². The van der Waals surface area contributed by atoms with Gasteiger partial charge in [0.05, 0.1) is 11.3 Å². The van der Waals surface area contributed by atoms with Crippen molar-refractivity contribution >= 4 is 22.7 Å². The van der Waals surface area contributed by atoms with Gasteiger partial charge in [0, 0.05) is 34.6 Å². The number of carbonyl (C=O) groups excluding carboxylic acids is 2. The van der Waals surface area contributed by atoms with E-state index in [-0.39, 0.29) is 5.78 Å². The molecule has 0 spiro atoms. The highest BCUT2D eigenvalue weighted by Gasteiger charge is 2.24. The monoisotopic (exact) mass is 373 g/mol. The summed E-state index contributed by atoms with van der Waals surface area (Å²) in [5, 5.41) is 4.98. The van der Waals surface area contributed by atoms with E-state index in [4.69, 9.17) is 4.74 Å². The van der Waals surface area contributed by atoms with Crippen molar-refractivity contribution in [3.05, 3.63) is 83.8 Å². The van der Waals surface area contributed by atoms with Crippen LogP contribution in [0.4, 0.5) is 0 Å². The number of H-pyrrole nitrogens is 1. The Morgan fingerprint density at radius 1 is 1.07 bits per heavy atom. The molecule has 2 heterocycles. The first-order valence-corrected chi connectivity index (χ1v) is 8.97. The molecule has 2 aromatic heterocycles. The van der Waals surface area contributed by atoms with Gasteiger partial charge in [-0.2, -0.15) is 5.10 Å². The van der Waals surface area contributed by atoms with Crippen LogP contribution in [0.5, 0.6) is 0 Å². The topological polar surface area (TPSA) is 77.0 Å². The van der Waals surface area contributed by atoms with Gasteiger partial charge in [0.2, 0.25) is 5.78 Å². The Hall–Kier alpha value is -3.67. The van der Waals surface area contributed by atoms with Gasteiger partial charge in [-0.3, -0.25) is 4.79 Å². The number of ketones is 1. The van der Waals surface area contributed by atoms with E-state index in [2.05, 4.69) is 10.1 Å². The molecule has 0 aliphatic carbocycles. The molecular formula is C22H19N3O3. The number of ether oxygens (including phenoxy) is 1. The van der Waals surface area contributed by atoms with Crippen LogP contribution in [-0.4, -0.2) is 32.6 Å². The Bertz CT molecular complexity index is 1140. The van der Waals surface area contributed by atoms with E-state index in [0.29, 0.717) is 11.1 Å². The minimum absolute atomic E-state index is 0.225. The van der Waals surface area contributed by atoms with E-state index in [0.717, 1.165) is 22.3 Å². The second-order valence-electron chi connectivity index (χ2n) is 6.58. The third-order valence-electron chi connectivity index (χ3n) is 4.66. The van der Waals surface area contributed by atoms with Gasteiger partial charge in [-0.15, -0.1) is 0 Å². The quantitative estimate of drug-likeness (QED) is 0.422. The molecule has 0 amide bonds. The van der Waals surface area contributed by atoms with Gasteiger partial charge in [0.1, 0.15) is 0 Å². The molecule has 6 heteroatoms. The summed E-state index contributed by atoms with van der Waals surface area (Å²) in [5.74, 6) is -0.762. The number of hydrogen-bond acceptors (Lipinski definition) is 4. The fraction of sp³-hybridized carbons (Fsp3) is 0.136. The molecule has 28 heavy (non-hydrogen) atoms. The van der Waals surface area contributed by atoms with E-state index in [1.54, 1.807) is 42.1 Å². The highest BCUT2D eigenvalue weighted by atomic mass is 16.5. The van der Waals surface area contributed by atoms with Crippen molar-refractivity contribution in [2.75, 3.05) is 0 Å². The van der Waals surface area contributed by atoms with E-state index >= 15 is 0 Å². The summed E-state index contributed by atoms with van der Waals surface area (Å²) in [5.41, 5.74) is 3.42. The van der Waals surface area contributed by atoms with Crippen LogP contribution in [-0.2, 0) is 4.74 Å². The third kappa shape index (κ3) is 3.20. The summed E-state index contributed by atoms with van der Waals surface area (Å²) in [6.45, 7) is 3.44. The number of aryl methyl sites for hydroxylation is 1. The maximum Gasteiger partial charge on any atom is 0.338 e. The van der Waals surface area contributed by atoms with Crippen LogP contribution in [0.3, 0.4) is 0 Å². The summed E-state index contributed by atoms with van der Waals surface area (Å²) in [6, 6.07) is 16.3. The molecule has 1 N–H and O–H groups in total. The van der Waals surface area contributed by atoms with E-state index < -0.39 is 12.1 Å². The lowest BCUT2D eigenvalue weighted by Gasteiger charge is -2.13. The van der Waals surface area contributed by atoms with Crippen LogP contribution in [0.2, 0.25) is 0 Å². The minimum atomic E-state index is -0.892. The van der Waals surface area contributed by atoms with Crippen LogP contribution < -0.4 is 0 Å². The normalized spacial score (nSPS) is 12.1. The van der Waals surface area contributed by atoms with Gasteiger partial charge in [-0.1, -0.05) is 18.2 Å². The number of aromatic amines is 1. The SMILES string of the molecule is Cc1[nH]c2ccccc2c1C(=O)[C@H](C)OC(=O)c1ccc(-n2cccn2)cc1. The zero-order valence-corrected chi connectivity index (χ0v) is 15.5. The molecule has 0 aliphatic rings. The van der Waals surface area contributed by atoms with E-state index in [1.807, 2.05) is 43.5 Å². The lowest BCUT2D eigenvalue weighted by Crippen LogP contribution is -2.25. The molecule has 0 unspecified atom stereocenters. The smallest absolute Gasteiger partial charge is 0.338 e. The van der Waals surface area contributed by atoms with E-state index in [1.165, 1.54) is 0 Å². The molecule has 4 rings (SSSR count). The van der Waals surface area contributed by atoms with Gasteiger partial charge in [0.25, 0.3) is 0 Å². The van der Waals surface area contributed by atoms with Crippen molar-refractivity contribution in [1.82, 2.24) is 14.8 Å². The summed E-state index contributed by atoms with van der Waals surface area (Å²) in [4.78, 5) is 28.6. The maximum absolute atomic E-state index is 12.9. The Balaban J connectivity index is 1.51. The number of fused-ring (bicyclic) bond motifs is 1. The fourth-order valence-corrected chi connectivity index (χ4v) is 3.25. The highest BCUT2D eigenvalue weighted by Crippen LogP contribution is 2.24. The Morgan fingerprint density at radius 2 is 1.82 bits per heavy atom. The number of nitrogens with one attached hydrogen (secondary N) is 1. The zero-order chi connectivity index (χ0) is 19.7. The van der Waals surface area contributed by atoms with Crippen molar-refractivity contribution in [3.63, 3.8) is 0 Å². The molecule has 2 aromatic carbocycles. The van der Waals surface area contributed by atoms with Crippen molar-refractivity contribution in [2.24, 2.45) is 0 Å². The van der Waals surface area contributed by atoms with Crippen LogP contribution in [0.1, 0.15) is 33.3 Å². The van der Waals surface area contributed by atoms with Gasteiger partial charge in [-0.25, -0.2) is 9.48 Å². The summed E-state index contributed by atoms with van der Waals surface area (Å²) < 4.78 is 7.13. The molecular weight excluding hydrogens is 354 g/mol. The van der Waals surface area contributed by atoms with Gasteiger partial charge >= 0.3 is 5.97 Å². The molecule has 0 radical (unpaired) electrons. The van der Waals surface area contributed by atoms with Gasteiger partial charge in [-0.05, 0) is 50.2 Å². The molecule has 0 bridgehead atoms. The number of rotatable bonds is 5. The molecule has 1 atom stereocenters. The van der Waals surface area contributed by atoms with Crippen LogP contribution in [0.15, 0.2) is 67.0 Å². The average molecular weight is 373 g/mol. The summed E-state index contributed by atoms with van der Waals surface area (Å²) >= 11 is 0. The predicted molar refractivity (Wildman–Crippen MR) is 106 cm³/mol. The van der Waals surface area contributed by atoms with Crippen molar-refractivity contribution in [3.8, 4) is 5.69 Å². The summed E-state index contributed by atoms with van der Waals surface area (Å²) in [7, 11) is 0. The lowest BCUT2D eigenvalue weighted by atomic mass is 10.0. The van der Waals surface area contributed by atoms with Crippen molar-refractivity contribution in [2.45, 2.75) is 20.0 Å². The highest BCUT2D eigenvalue weighted by molar-refractivity contribution is 6.11. The fourth-order valence-electron chi connectivity index (χ4n) is 3.25. The molecule has 0 saturated heterocycles. The number of esters is 1. The Kier molecular flexibility index (Phi) is 4.53. The first kappa shape index (κ1) is 17.7. The summed E-state index contributed by atoms with van der Waals surface area (Å²) in [6.07, 6.45) is 2.61. The molecule has 140 valence electrons. The lowest BCUT2D eigenvalue weighted by molar-refractivity contribution is 0.0319. The number of para-hydroxylation sites is 1. The molecule has 0 fully saturated rings. The van der Waals surface area contributed by atoms with Crippen LogP contribution in [0, 0.1) is 6.92 Å². The van der Waals surface area contributed by atoms with Crippen LogP contribution in [0.25, 0.3) is 16.6 Å². The van der Waals surface area contributed by atoms with E-state index in [9.17, 15) is 9.59 Å². The van der Waals surface area contributed by atoms with Crippen molar-refractivity contribution < 1.29 is 14.3 Å². The standard InChI is InChI=1S/C22H19N3O3/c1-14-20(18-6-3-4-7-19(18)24-14)21(26)15(2)28-22(27)16-8-10-17(11-9-16)25-13-5-12-23-25/h3-13,15,24H,1-2H3/t15-/m0/s1. The first-order valence-electron chi connectivity index (χ1n) is 8.97. The number of benzene rings is 2. The Labute approximate surface area is 161 Å². The molecule has 0 saturated carbocycles. The average Bonchev–Trinajstić information content (AvgIpc) is 3.34. The third-order valence-corrected chi connectivity index (χ3v) is 4.66. The predicted octanol–water partition coefficient (Wildman–Crippen LogP) is 4.09. The largest absolute Gasteiger partial charge is 0.451 e. The van der Waals surface area contributed by atoms with Gasteiger partial charge < -0.3 is 9.72 Å². The first-order chi connectivity index (χ1) is 13.5. The number of nitrogens with zero attached hydrogens (tertiary/aromatic N) is 2. The second kappa shape index (κ2) is 7.15. The molecule has 6 nitrogen and oxygen atoms in total. The maximum atomic E-state index is 12.9. The number of Topliss-reactive ketones (excluding diaryl/α,β-unsaturated/α-hetero) is 1. The zero-order valence-electron chi connectivity index (χ0n) is 15.5. The number of hydrogen-bond donors (Lipinski definition) is 1. The minimum Gasteiger partial charge on any atom is -0.451 e. The molecule has 4 aromatic rings. The Morgan fingerprint density at radius 3 is 2.54 bits per heavy atom. The second-order valence-corrected chi connectivity index (χ2v) is 6.58. The number of carbonyl (C=O) groups is 2.